The molecule has 1 aliphatic heterocycles. The van der Waals surface area contributed by atoms with E-state index in [1.54, 1.807) is 18.8 Å². The molecule has 1 fully saturated rings. The average molecular weight is 266 g/mol. The van der Waals surface area contributed by atoms with Gasteiger partial charge in [-0.3, -0.25) is 9.48 Å². The van der Waals surface area contributed by atoms with Crippen LogP contribution in [-0.4, -0.2) is 48.0 Å². The van der Waals surface area contributed by atoms with Gasteiger partial charge in [0.2, 0.25) is 0 Å². The number of ether oxygens (including phenoxy) is 1. The van der Waals surface area contributed by atoms with Crippen LogP contribution in [-0.2, 0) is 11.8 Å². The minimum Gasteiger partial charge on any atom is -0.378 e. The maximum atomic E-state index is 12.3. The second-order valence-corrected chi connectivity index (χ2v) is 5.25. The minimum absolute atomic E-state index is 0.00917. The van der Waals surface area contributed by atoms with Gasteiger partial charge < -0.3 is 15.4 Å². The Morgan fingerprint density at radius 1 is 1.58 bits per heavy atom. The van der Waals surface area contributed by atoms with E-state index in [9.17, 15) is 4.79 Å². The molecule has 0 bridgehead atoms. The maximum absolute atomic E-state index is 12.3. The van der Waals surface area contributed by atoms with E-state index in [4.69, 9.17) is 4.74 Å². The molecule has 0 radical (unpaired) electrons. The first-order chi connectivity index (χ1) is 9.02. The second kappa shape index (κ2) is 5.71. The molecule has 1 saturated heterocycles. The molecule has 1 amide bonds. The topological polar surface area (TPSA) is 68.2 Å². The fourth-order valence-corrected chi connectivity index (χ4v) is 2.27. The third-order valence-corrected chi connectivity index (χ3v) is 3.50. The lowest BCUT2D eigenvalue weighted by Gasteiger charge is -2.18. The van der Waals surface area contributed by atoms with E-state index < -0.39 is 0 Å². The van der Waals surface area contributed by atoms with Crippen molar-refractivity contribution in [3.8, 4) is 0 Å². The standard InChI is InChI=1S/C13H22N4O2/c1-8(2)9-5-11(17(3)16-9)13(18)15-10-6-14-7-12(10)19-4/h5,8,10,12,14H,6-7H2,1-4H3,(H,15,18)/t10-,12+/m1/s1. The van der Waals surface area contributed by atoms with Crippen molar-refractivity contribution in [2.75, 3.05) is 20.2 Å². The molecule has 6 heteroatoms. The third kappa shape index (κ3) is 2.96. The molecule has 0 aliphatic carbocycles. The van der Waals surface area contributed by atoms with E-state index in [0.29, 0.717) is 11.6 Å². The van der Waals surface area contributed by atoms with Crippen molar-refractivity contribution in [3.05, 3.63) is 17.5 Å². The van der Waals surface area contributed by atoms with Crippen LogP contribution in [0, 0.1) is 0 Å². The molecule has 0 saturated carbocycles. The molecule has 1 aromatic heterocycles. The van der Waals surface area contributed by atoms with Crippen LogP contribution in [0.25, 0.3) is 0 Å². The second-order valence-electron chi connectivity index (χ2n) is 5.25. The van der Waals surface area contributed by atoms with Gasteiger partial charge in [-0.2, -0.15) is 5.10 Å². The van der Waals surface area contributed by atoms with E-state index in [1.807, 2.05) is 6.07 Å². The van der Waals surface area contributed by atoms with Crippen LogP contribution >= 0.6 is 0 Å². The van der Waals surface area contributed by atoms with Crippen molar-refractivity contribution >= 4 is 5.91 Å². The highest BCUT2D eigenvalue weighted by molar-refractivity contribution is 5.93. The number of carbonyl (C=O) groups excluding carboxylic acids is 1. The Hall–Kier alpha value is -1.40. The number of methoxy groups -OCH3 is 1. The Balaban J connectivity index is 2.07. The molecule has 6 nitrogen and oxygen atoms in total. The summed E-state index contributed by atoms with van der Waals surface area (Å²) in [5.41, 5.74) is 1.52. The first-order valence-electron chi connectivity index (χ1n) is 6.61. The number of carbonyl (C=O) groups is 1. The first kappa shape index (κ1) is 14.0. The van der Waals surface area contributed by atoms with Gasteiger partial charge in [0.15, 0.2) is 0 Å². The van der Waals surface area contributed by atoms with E-state index in [2.05, 4.69) is 29.6 Å². The lowest BCUT2D eigenvalue weighted by molar-refractivity contribution is 0.0773. The smallest absolute Gasteiger partial charge is 0.269 e. The summed E-state index contributed by atoms with van der Waals surface area (Å²) in [5.74, 6) is 0.213. The average Bonchev–Trinajstić information content (AvgIpc) is 2.95. The van der Waals surface area contributed by atoms with Crippen LogP contribution in [0.15, 0.2) is 6.07 Å². The normalized spacial score (nSPS) is 23.0. The Bertz CT molecular complexity index is 455. The van der Waals surface area contributed by atoms with Crippen molar-refractivity contribution in [3.63, 3.8) is 0 Å². The van der Waals surface area contributed by atoms with Crippen molar-refractivity contribution in [1.29, 1.82) is 0 Å². The van der Waals surface area contributed by atoms with Gasteiger partial charge in [-0.1, -0.05) is 13.8 Å². The van der Waals surface area contributed by atoms with Crippen LogP contribution in [0.3, 0.4) is 0 Å². The third-order valence-electron chi connectivity index (χ3n) is 3.50. The summed E-state index contributed by atoms with van der Waals surface area (Å²) in [6.07, 6.45) is 0.0294. The molecular formula is C13H22N4O2. The molecule has 0 unspecified atom stereocenters. The van der Waals surface area contributed by atoms with Gasteiger partial charge in [0, 0.05) is 27.2 Å². The van der Waals surface area contributed by atoms with Crippen molar-refractivity contribution < 1.29 is 9.53 Å². The van der Waals surface area contributed by atoms with Crippen LogP contribution in [0.2, 0.25) is 0 Å². The molecule has 1 aliphatic rings. The molecule has 0 spiro atoms. The summed E-state index contributed by atoms with van der Waals surface area (Å²) in [6, 6.07) is 1.86. The lowest BCUT2D eigenvalue weighted by Crippen LogP contribution is -2.44. The zero-order valence-corrected chi connectivity index (χ0v) is 11.9. The number of aromatic nitrogens is 2. The van der Waals surface area contributed by atoms with Gasteiger partial charge >= 0.3 is 0 Å². The Morgan fingerprint density at radius 2 is 2.32 bits per heavy atom. The molecule has 0 aromatic carbocycles. The van der Waals surface area contributed by atoms with Crippen molar-refractivity contribution in [1.82, 2.24) is 20.4 Å². The van der Waals surface area contributed by atoms with Crippen molar-refractivity contribution in [2.45, 2.75) is 31.9 Å². The molecule has 2 heterocycles. The predicted molar refractivity (Wildman–Crippen MR) is 72.2 cm³/mol. The Kier molecular flexibility index (Phi) is 4.21. The monoisotopic (exact) mass is 266 g/mol. The van der Waals surface area contributed by atoms with E-state index in [-0.39, 0.29) is 18.1 Å². The molecule has 19 heavy (non-hydrogen) atoms. The largest absolute Gasteiger partial charge is 0.378 e. The summed E-state index contributed by atoms with van der Waals surface area (Å²) in [7, 11) is 3.46. The number of nitrogens with one attached hydrogen (secondary N) is 2. The summed E-state index contributed by atoms with van der Waals surface area (Å²) in [5, 5.41) is 10.6. The van der Waals surface area contributed by atoms with Crippen LogP contribution in [0.4, 0.5) is 0 Å². The lowest BCUT2D eigenvalue weighted by atomic mass is 10.1. The molecule has 2 rings (SSSR count). The van der Waals surface area contributed by atoms with Gasteiger partial charge in [-0.15, -0.1) is 0 Å². The Morgan fingerprint density at radius 3 is 2.89 bits per heavy atom. The molecule has 106 valence electrons. The van der Waals surface area contributed by atoms with E-state index >= 15 is 0 Å². The van der Waals surface area contributed by atoms with E-state index in [0.717, 1.165) is 18.8 Å². The number of hydrogen-bond acceptors (Lipinski definition) is 4. The van der Waals surface area contributed by atoms with Crippen LogP contribution in [0.5, 0.6) is 0 Å². The maximum Gasteiger partial charge on any atom is 0.269 e. The van der Waals surface area contributed by atoms with Gasteiger partial charge in [0.25, 0.3) is 5.91 Å². The summed E-state index contributed by atoms with van der Waals surface area (Å²) in [4.78, 5) is 12.3. The minimum atomic E-state index is -0.0994. The van der Waals surface area contributed by atoms with Gasteiger partial charge in [0.05, 0.1) is 17.8 Å². The van der Waals surface area contributed by atoms with Gasteiger partial charge in [0.1, 0.15) is 5.69 Å². The van der Waals surface area contributed by atoms with Crippen LogP contribution in [0.1, 0.15) is 35.9 Å². The molecule has 1 aromatic rings. The first-order valence-corrected chi connectivity index (χ1v) is 6.61. The highest BCUT2D eigenvalue weighted by atomic mass is 16.5. The summed E-state index contributed by atoms with van der Waals surface area (Å²) < 4.78 is 6.97. The zero-order valence-electron chi connectivity index (χ0n) is 11.9. The zero-order chi connectivity index (χ0) is 14.0. The van der Waals surface area contributed by atoms with Crippen molar-refractivity contribution in [2.24, 2.45) is 7.05 Å². The number of aryl methyl sites for hydroxylation is 1. The van der Waals surface area contributed by atoms with E-state index in [1.165, 1.54) is 0 Å². The van der Waals surface area contributed by atoms with Gasteiger partial charge in [-0.25, -0.2) is 0 Å². The SMILES string of the molecule is CO[C@H]1CNC[C@H]1NC(=O)c1cc(C(C)C)nn1C. The molecule has 2 N–H and O–H groups in total. The van der Waals surface area contributed by atoms with Gasteiger partial charge in [-0.05, 0) is 12.0 Å². The summed E-state index contributed by atoms with van der Waals surface area (Å²) in [6.45, 7) is 5.63. The highest BCUT2D eigenvalue weighted by Crippen LogP contribution is 2.14. The Labute approximate surface area is 113 Å². The number of nitrogens with zero attached hydrogens (tertiary/aromatic N) is 2. The quantitative estimate of drug-likeness (QED) is 0.820. The number of hydrogen-bond donors (Lipinski definition) is 2. The predicted octanol–water partition coefficient (Wildman–Crippen LogP) is 0.260. The van der Waals surface area contributed by atoms with Crippen LogP contribution < -0.4 is 10.6 Å². The number of rotatable bonds is 4. The summed E-state index contributed by atoms with van der Waals surface area (Å²) >= 11 is 0. The number of amides is 1. The fraction of sp³-hybridized carbons (Fsp3) is 0.692. The highest BCUT2D eigenvalue weighted by Gasteiger charge is 2.29. The fourth-order valence-electron chi connectivity index (χ4n) is 2.27. The molecular weight excluding hydrogens is 244 g/mol. The molecule has 2 atom stereocenters.